The Morgan fingerprint density at radius 3 is 2.44 bits per heavy atom. The summed E-state index contributed by atoms with van der Waals surface area (Å²) in [4.78, 5) is 25.8. The van der Waals surface area contributed by atoms with Crippen LogP contribution in [0.5, 0.6) is 0 Å². The van der Waals surface area contributed by atoms with Crippen molar-refractivity contribution in [3.8, 4) is 0 Å². The second kappa shape index (κ2) is 11.5. The van der Waals surface area contributed by atoms with Crippen LogP contribution >= 0.6 is 0 Å². The highest BCUT2D eigenvalue weighted by atomic mass is 17.2. The van der Waals surface area contributed by atoms with Crippen molar-refractivity contribution < 1.29 is 19.3 Å². The zero-order valence-corrected chi connectivity index (χ0v) is 20.9. The number of esters is 1. The van der Waals surface area contributed by atoms with Gasteiger partial charge in [-0.3, -0.25) is 4.79 Å². The molecule has 0 N–H and O–H groups in total. The minimum atomic E-state index is -0.369. The predicted octanol–water partition coefficient (Wildman–Crippen LogP) is 5.88. The van der Waals surface area contributed by atoms with Gasteiger partial charge in [0.1, 0.15) is 13.2 Å². The summed E-state index contributed by atoms with van der Waals surface area (Å²) in [5, 5.41) is 0. The van der Waals surface area contributed by atoms with Crippen LogP contribution in [0.4, 0.5) is 0 Å². The van der Waals surface area contributed by atoms with Gasteiger partial charge in [-0.15, -0.1) is 0 Å². The smallest absolute Gasteiger partial charge is 0.312 e. The number of likely N-dealkylation sites (tertiary alicyclic amines) is 1. The van der Waals surface area contributed by atoms with Gasteiger partial charge >= 0.3 is 5.97 Å². The van der Waals surface area contributed by atoms with Crippen molar-refractivity contribution in [2.75, 3.05) is 20.2 Å². The molecule has 2 aromatic rings. The molecule has 2 aliphatic rings. The molecule has 0 spiro atoms. The topological polar surface area (TPSA) is 48.0 Å². The van der Waals surface area contributed by atoms with Crippen LogP contribution in [0.2, 0.25) is 0 Å². The number of piperidine rings is 1. The Morgan fingerprint density at radius 1 is 1.00 bits per heavy atom. The minimum absolute atomic E-state index is 0.0150. The molecule has 0 bridgehead atoms. The quantitative estimate of drug-likeness (QED) is 0.263. The van der Waals surface area contributed by atoms with Gasteiger partial charge in [0.15, 0.2) is 0 Å². The maximum Gasteiger partial charge on any atom is 0.312 e. The van der Waals surface area contributed by atoms with Crippen LogP contribution in [0.3, 0.4) is 0 Å². The third-order valence-electron chi connectivity index (χ3n) is 8.06. The molecule has 0 radical (unpaired) electrons. The molecule has 184 valence electrons. The fourth-order valence-corrected chi connectivity index (χ4v) is 5.83. The maximum atomic E-state index is 13.3. The summed E-state index contributed by atoms with van der Waals surface area (Å²) in [5.74, 6) is 0.833. The van der Waals surface area contributed by atoms with Crippen LogP contribution in [0.1, 0.15) is 68.6 Å². The third kappa shape index (κ3) is 5.70. The van der Waals surface area contributed by atoms with E-state index in [1.54, 1.807) is 7.11 Å². The Labute approximate surface area is 204 Å². The highest BCUT2D eigenvalue weighted by Crippen LogP contribution is 2.48. The van der Waals surface area contributed by atoms with Gasteiger partial charge in [-0.05, 0) is 73.7 Å². The average molecular weight is 466 g/mol. The molecule has 0 aromatic heterocycles. The maximum absolute atomic E-state index is 13.3. The average Bonchev–Trinajstić information content (AvgIpc) is 3.34. The van der Waals surface area contributed by atoms with Crippen molar-refractivity contribution in [1.82, 2.24) is 4.90 Å². The molecule has 5 nitrogen and oxygen atoms in total. The van der Waals surface area contributed by atoms with Gasteiger partial charge in [0, 0.05) is 6.04 Å². The van der Waals surface area contributed by atoms with Gasteiger partial charge < -0.3 is 9.64 Å². The van der Waals surface area contributed by atoms with Crippen LogP contribution in [-0.4, -0.2) is 37.1 Å². The van der Waals surface area contributed by atoms with E-state index in [4.69, 9.17) is 14.5 Å². The molecule has 2 fully saturated rings. The Bertz CT molecular complexity index is 923. The van der Waals surface area contributed by atoms with Gasteiger partial charge in [0.2, 0.25) is 0 Å². The summed E-state index contributed by atoms with van der Waals surface area (Å²) in [6.07, 6.45) is 5.21. The van der Waals surface area contributed by atoms with Crippen LogP contribution < -0.4 is 0 Å². The number of carbonyl (C=O) groups is 1. The number of carbonyl (C=O) groups excluding carboxylic acids is 1. The second-order valence-electron chi connectivity index (χ2n) is 10.3. The summed E-state index contributed by atoms with van der Waals surface area (Å²) in [7, 11) is 1.54. The number of benzene rings is 2. The summed E-state index contributed by atoms with van der Waals surface area (Å²) in [5.41, 5.74) is 3.22. The minimum Gasteiger partial charge on any atom is -0.460 e. The Balaban J connectivity index is 1.33. The molecule has 2 atom stereocenters. The molecule has 0 amide bonds. The third-order valence-corrected chi connectivity index (χ3v) is 8.06. The lowest BCUT2D eigenvalue weighted by molar-refractivity contribution is -0.282. The van der Waals surface area contributed by atoms with E-state index in [1.807, 2.05) is 30.3 Å². The van der Waals surface area contributed by atoms with Crippen LogP contribution in [0.15, 0.2) is 54.6 Å². The molecule has 1 aliphatic carbocycles. The molecular formula is C29H39NO4. The predicted molar refractivity (Wildman–Crippen MR) is 133 cm³/mol. The zero-order chi connectivity index (χ0) is 24.0. The van der Waals surface area contributed by atoms with Crippen LogP contribution in [0, 0.1) is 11.3 Å². The first kappa shape index (κ1) is 24.9. The number of rotatable bonds is 9. The fraction of sp³-hybridized carbons (Fsp3) is 0.552. The van der Waals surface area contributed by atoms with E-state index in [2.05, 4.69) is 43.0 Å². The summed E-state index contributed by atoms with van der Waals surface area (Å²) in [6.45, 7) is 7.36. The SMILES string of the molecule is COOCc1cccc(C2CCN(C3CC[C@@](C(=O)OCc4ccccc4)(C(C)C)C3)CC2)c1. The van der Waals surface area contributed by atoms with E-state index in [0.29, 0.717) is 25.2 Å². The standard InChI is InChI=1S/C29H39NO4/c1-22(2)29(28(31)33-20-23-8-5-4-6-9-23)15-12-27(19-29)30-16-13-25(14-17-30)26-11-7-10-24(18-26)21-34-32-3/h4-11,18,22,25,27H,12-17,19-21H2,1-3H3/t27?,29-/m0/s1. The first-order valence-electron chi connectivity index (χ1n) is 12.7. The number of hydrogen-bond donors (Lipinski definition) is 0. The lowest BCUT2D eigenvalue weighted by Crippen LogP contribution is -2.42. The first-order chi connectivity index (χ1) is 16.5. The Morgan fingerprint density at radius 2 is 1.74 bits per heavy atom. The van der Waals surface area contributed by atoms with E-state index in [-0.39, 0.29) is 17.3 Å². The zero-order valence-electron chi connectivity index (χ0n) is 20.9. The van der Waals surface area contributed by atoms with Crippen molar-refractivity contribution in [3.05, 3.63) is 71.3 Å². The van der Waals surface area contributed by atoms with E-state index in [1.165, 1.54) is 5.56 Å². The van der Waals surface area contributed by atoms with Crippen molar-refractivity contribution in [2.45, 2.75) is 71.1 Å². The van der Waals surface area contributed by atoms with Crippen molar-refractivity contribution in [3.63, 3.8) is 0 Å². The first-order valence-corrected chi connectivity index (χ1v) is 12.7. The summed E-state index contributed by atoms with van der Waals surface area (Å²) < 4.78 is 5.85. The Hall–Kier alpha value is -2.21. The lowest BCUT2D eigenvalue weighted by atomic mass is 9.75. The monoisotopic (exact) mass is 465 g/mol. The molecular weight excluding hydrogens is 426 g/mol. The number of hydrogen-bond acceptors (Lipinski definition) is 5. The van der Waals surface area contributed by atoms with E-state index in [0.717, 1.165) is 56.3 Å². The van der Waals surface area contributed by atoms with E-state index in [9.17, 15) is 4.79 Å². The summed E-state index contributed by atoms with van der Waals surface area (Å²) >= 11 is 0. The van der Waals surface area contributed by atoms with Crippen molar-refractivity contribution >= 4 is 5.97 Å². The van der Waals surface area contributed by atoms with Gasteiger partial charge in [-0.1, -0.05) is 68.4 Å². The molecule has 4 rings (SSSR count). The second-order valence-corrected chi connectivity index (χ2v) is 10.3. The number of nitrogens with zero attached hydrogens (tertiary/aromatic N) is 1. The molecule has 1 heterocycles. The van der Waals surface area contributed by atoms with Gasteiger partial charge in [0.25, 0.3) is 0 Å². The normalized spacial score (nSPS) is 23.9. The molecule has 2 aromatic carbocycles. The van der Waals surface area contributed by atoms with Gasteiger partial charge in [-0.25, -0.2) is 9.78 Å². The van der Waals surface area contributed by atoms with E-state index < -0.39 is 0 Å². The largest absolute Gasteiger partial charge is 0.460 e. The number of ether oxygens (including phenoxy) is 1. The lowest BCUT2D eigenvalue weighted by Gasteiger charge is -2.38. The molecule has 34 heavy (non-hydrogen) atoms. The molecule has 1 aliphatic heterocycles. The summed E-state index contributed by atoms with van der Waals surface area (Å²) in [6, 6.07) is 19.1. The van der Waals surface area contributed by atoms with Gasteiger partial charge in [0.05, 0.1) is 12.5 Å². The van der Waals surface area contributed by atoms with Gasteiger partial charge in [-0.2, -0.15) is 0 Å². The molecule has 1 unspecified atom stereocenters. The highest BCUT2D eigenvalue weighted by molar-refractivity contribution is 5.77. The molecule has 5 heteroatoms. The fourth-order valence-electron chi connectivity index (χ4n) is 5.83. The van der Waals surface area contributed by atoms with E-state index >= 15 is 0 Å². The van der Waals surface area contributed by atoms with Crippen LogP contribution in [0.25, 0.3) is 0 Å². The molecule has 1 saturated heterocycles. The van der Waals surface area contributed by atoms with Crippen molar-refractivity contribution in [2.24, 2.45) is 11.3 Å². The highest BCUT2D eigenvalue weighted by Gasteiger charge is 2.50. The molecule has 1 saturated carbocycles. The van der Waals surface area contributed by atoms with Crippen LogP contribution in [-0.2, 0) is 32.5 Å². The Kier molecular flexibility index (Phi) is 8.41. The van der Waals surface area contributed by atoms with Crippen molar-refractivity contribution in [1.29, 1.82) is 0 Å².